The lowest BCUT2D eigenvalue weighted by Gasteiger charge is -2.11. The van der Waals surface area contributed by atoms with Crippen molar-refractivity contribution in [3.05, 3.63) is 32.2 Å². The van der Waals surface area contributed by atoms with E-state index in [-0.39, 0.29) is 6.61 Å². The summed E-state index contributed by atoms with van der Waals surface area (Å²) in [6, 6.07) is 0. The number of aromatic nitrogens is 1. The van der Waals surface area contributed by atoms with Crippen LogP contribution in [0.1, 0.15) is 17.3 Å². The fourth-order valence-electron chi connectivity index (χ4n) is 1.26. The first-order valence-corrected chi connectivity index (χ1v) is 5.00. The molecule has 0 aliphatic rings. The first-order valence-electron chi connectivity index (χ1n) is 5.00. The van der Waals surface area contributed by atoms with Gasteiger partial charge in [0.05, 0.1) is 17.7 Å². The van der Waals surface area contributed by atoms with Gasteiger partial charge in [0, 0.05) is 0 Å². The lowest BCUT2D eigenvalue weighted by Crippen LogP contribution is -2.26. The number of H-pyrrole nitrogens is 1. The van der Waals surface area contributed by atoms with Gasteiger partial charge in [-0.15, -0.1) is 13.2 Å². The van der Waals surface area contributed by atoms with Crippen LogP contribution in [0.4, 0.5) is 18.9 Å². The van der Waals surface area contributed by atoms with Crippen molar-refractivity contribution < 1.29 is 32.4 Å². The van der Waals surface area contributed by atoms with Crippen LogP contribution in [-0.4, -0.2) is 28.8 Å². The van der Waals surface area contributed by atoms with Crippen LogP contribution in [-0.2, 0) is 4.74 Å². The number of alkyl halides is 3. The summed E-state index contributed by atoms with van der Waals surface area (Å²) in [5.74, 6) is -3.00. The summed E-state index contributed by atoms with van der Waals surface area (Å²) in [7, 11) is 0. The van der Waals surface area contributed by atoms with E-state index in [2.05, 4.69) is 9.47 Å². The number of carbonyl (C=O) groups is 1. The first kappa shape index (κ1) is 15.5. The van der Waals surface area contributed by atoms with Gasteiger partial charge in [0.2, 0.25) is 5.75 Å². The molecule has 0 amide bonds. The molecule has 1 N–H and O–H groups in total. The molecule has 1 aromatic rings. The molecule has 110 valence electrons. The Morgan fingerprint density at radius 3 is 2.55 bits per heavy atom. The van der Waals surface area contributed by atoms with Crippen LogP contribution in [0.25, 0.3) is 0 Å². The number of hydrogen-bond acceptors (Lipinski definition) is 6. The first-order chi connectivity index (χ1) is 9.17. The number of esters is 1. The van der Waals surface area contributed by atoms with Crippen molar-refractivity contribution in [2.45, 2.75) is 13.3 Å². The second kappa shape index (κ2) is 5.59. The monoisotopic (exact) mass is 296 g/mol. The minimum absolute atomic E-state index is 0.256. The van der Waals surface area contributed by atoms with Gasteiger partial charge in [-0.05, 0) is 6.92 Å². The number of nitro groups is 1. The summed E-state index contributed by atoms with van der Waals surface area (Å²) in [5.41, 5.74) is -3.71. The molecule has 0 radical (unpaired) electrons. The molecule has 1 aromatic heterocycles. The Morgan fingerprint density at radius 2 is 2.10 bits per heavy atom. The van der Waals surface area contributed by atoms with E-state index in [0.29, 0.717) is 6.20 Å². The van der Waals surface area contributed by atoms with Crippen LogP contribution in [0.15, 0.2) is 11.0 Å². The van der Waals surface area contributed by atoms with E-state index < -0.39 is 39.8 Å². The molecule has 0 saturated carbocycles. The Labute approximate surface area is 108 Å². The lowest BCUT2D eigenvalue weighted by molar-refractivity contribution is -0.385. The third-order valence-corrected chi connectivity index (χ3v) is 1.92. The molecular formula is C9H7F3N2O6. The van der Waals surface area contributed by atoms with Gasteiger partial charge in [0.25, 0.3) is 5.56 Å². The molecule has 0 saturated heterocycles. The minimum atomic E-state index is -5.30. The van der Waals surface area contributed by atoms with Crippen LogP contribution in [0.3, 0.4) is 0 Å². The zero-order chi connectivity index (χ0) is 15.5. The number of nitrogens with zero attached hydrogens (tertiary/aromatic N) is 1. The van der Waals surface area contributed by atoms with Crippen LogP contribution in [0.2, 0.25) is 0 Å². The number of pyridine rings is 1. The van der Waals surface area contributed by atoms with Crippen molar-refractivity contribution in [1.82, 2.24) is 4.98 Å². The predicted octanol–water partition coefficient (Wildman–Crippen LogP) is 1.36. The predicted molar refractivity (Wildman–Crippen MR) is 56.4 cm³/mol. The second-order valence-corrected chi connectivity index (χ2v) is 3.23. The summed E-state index contributed by atoms with van der Waals surface area (Å²) in [4.78, 5) is 34.0. The third-order valence-electron chi connectivity index (χ3n) is 1.92. The van der Waals surface area contributed by atoms with E-state index in [1.54, 1.807) is 4.98 Å². The van der Waals surface area contributed by atoms with Gasteiger partial charge in [0.1, 0.15) is 0 Å². The van der Waals surface area contributed by atoms with Gasteiger partial charge in [-0.1, -0.05) is 0 Å². The summed E-state index contributed by atoms with van der Waals surface area (Å²) in [5, 5.41) is 10.7. The molecule has 0 atom stereocenters. The summed E-state index contributed by atoms with van der Waals surface area (Å²) < 4.78 is 44.3. The molecule has 0 bridgehead atoms. The Bertz CT molecular complexity index is 594. The highest BCUT2D eigenvalue weighted by atomic mass is 19.4. The number of ether oxygens (including phenoxy) is 2. The molecule has 1 heterocycles. The fourth-order valence-corrected chi connectivity index (χ4v) is 1.26. The standard InChI is InChI=1S/C9H7F3N2O6/c1-2-19-8(16)5-4(14(17)18)3-13-7(15)6(5)20-9(10,11)12/h3H,2H2,1H3,(H,13,15). The van der Waals surface area contributed by atoms with Crippen molar-refractivity contribution >= 4 is 11.7 Å². The smallest absolute Gasteiger partial charge is 0.462 e. The minimum Gasteiger partial charge on any atom is -0.462 e. The van der Waals surface area contributed by atoms with Gasteiger partial charge in [-0.25, -0.2) is 4.79 Å². The SMILES string of the molecule is CCOC(=O)c1c([N+](=O)[O-])c[nH]c(=O)c1OC(F)(F)F. The van der Waals surface area contributed by atoms with E-state index in [9.17, 15) is 32.9 Å². The van der Waals surface area contributed by atoms with Crippen molar-refractivity contribution in [2.24, 2.45) is 0 Å². The van der Waals surface area contributed by atoms with E-state index in [4.69, 9.17) is 0 Å². The van der Waals surface area contributed by atoms with Gasteiger partial charge in [0.15, 0.2) is 5.56 Å². The van der Waals surface area contributed by atoms with Gasteiger partial charge in [-0.3, -0.25) is 14.9 Å². The number of nitrogens with one attached hydrogen (secondary N) is 1. The van der Waals surface area contributed by atoms with Crippen LogP contribution >= 0.6 is 0 Å². The number of carbonyl (C=O) groups excluding carboxylic acids is 1. The van der Waals surface area contributed by atoms with Crippen molar-refractivity contribution in [3.8, 4) is 5.75 Å². The Hall–Kier alpha value is -2.59. The van der Waals surface area contributed by atoms with Crippen LogP contribution in [0.5, 0.6) is 5.75 Å². The van der Waals surface area contributed by atoms with Crippen LogP contribution in [0, 0.1) is 10.1 Å². The maximum Gasteiger partial charge on any atom is 0.573 e. The Morgan fingerprint density at radius 1 is 1.50 bits per heavy atom. The Balaban J connectivity index is 3.54. The topological polar surface area (TPSA) is 112 Å². The van der Waals surface area contributed by atoms with Gasteiger partial charge >= 0.3 is 18.0 Å². The molecule has 0 aliphatic carbocycles. The molecule has 8 nitrogen and oxygen atoms in total. The molecule has 11 heteroatoms. The van der Waals surface area contributed by atoms with Crippen LogP contribution < -0.4 is 10.3 Å². The number of aromatic amines is 1. The quantitative estimate of drug-likeness (QED) is 0.510. The molecule has 0 aliphatic heterocycles. The summed E-state index contributed by atoms with van der Waals surface area (Å²) in [6.07, 6.45) is -4.82. The molecule has 1 rings (SSSR count). The van der Waals surface area contributed by atoms with Crippen molar-refractivity contribution in [3.63, 3.8) is 0 Å². The highest BCUT2D eigenvalue weighted by Gasteiger charge is 2.38. The van der Waals surface area contributed by atoms with E-state index in [1.807, 2.05) is 0 Å². The average molecular weight is 296 g/mol. The highest BCUT2D eigenvalue weighted by molar-refractivity contribution is 5.96. The molecule has 0 aromatic carbocycles. The zero-order valence-corrected chi connectivity index (χ0v) is 9.82. The molecular weight excluding hydrogens is 289 g/mol. The number of hydrogen-bond donors (Lipinski definition) is 1. The van der Waals surface area contributed by atoms with E-state index in [1.165, 1.54) is 6.92 Å². The van der Waals surface area contributed by atoms with Gasteiger partial charge in [-0.2, -0.15) is 0 Å². The summed E-state index contributed by atoms with van der Waals surface area (Å²) >= 11 is 0. The van der Waals surface area contributed by atoms with Gasteiger partial charge < -0.3 is 14.5 Å². The average Bonchev–Trinajstić information content (AvgIpc) is 2.29. The van der Waals surface area contributed by atoms with E-state index >= 15 is 0 Å². The number of rotatable bonds is 4. The maximum absolute atomic E-state index is 12.2. The van der Waals surface area contributed by atoms with E-state index in [0.717, 1.165) is 0 Å². The lowest BCUT2D eigenvalue weighted by atomic mass is 10.2. The van der Waals surface area contributed by atoms with Crippen molar-refractivity contribution in [1.29, 1.82) is 0 Å². The Kier molecular flexibility index (Phi) is 4.32. The second-order valence-electron chi connectivity index (χ2n) is 3.23. The normalized spacial score (nSPS) is 11.0. The van der Waals surface area contributed by atoms with Crippen molar-refractivity contribution in [2.75, 3.05) is 6.61 Å². The zero-order valence-electron chi connectivity index (χ0n) is 9.82. The third kappa shape index (κ3) is 3.46. The molecule has 20 heavy (non-hydrogen) atoms. The highest BCUT2D eigenvalue weighted by Crippen LogP contribution is 2.29. The molecule has 0 unspecified atom stereocenters. The maximum atomic E-state index is 12.2. The number of halogens is 3. The largest absolute Gasteiger partial charge is 0.573 e. The molecule has 0 spiro atoms. The fraction of sp³-hybridized carbons (Fsp3) is 0.333. The summed E-state index contributed by atoms with van der Waals surface area (Å²) in [6.45, 7) is 1.08. The molecule has 0 fully saturated rings.